The quantitative estimate of drug-likeness (QED) is 0.538. The Kier molecular flexibility index (Phi) is 10.00. The van der Waals surface area contributed by atoms with Crippen LogP contribution in [0.5, 0.6) is 0 Å². The Morgan fingerprint density at radius 3 is 2.29 bits per heavy atom. The molecule has 24 heavy (non-hydrogen) atoms. The van der Waals surface area contributed by atoms with E-state index in [1.54, 1.807) is 0 Å². The van der Waals surface area contributed by atoms with E-state index >= 15 is 0 Å². The van der Waals surface area contributed by atoms with Crippen molar-refractivity contribution in [2.24, 2.45) is 5.73 Å². The number of nitrogens with two attached hydrogens (primary N) is 1. The van der Waals surface area contributed by atoms with Gasteiger partial charge in [0.2, 0.25) is 5.91 Å². The maximum atomic E-state index is 12.2. The standard InChI is InChI=1S/C18H31N3O3/c1-2-3-4-5-6-7-8-9-10-11-17(22)21-14-20-13-15(21)12-16(19)18(23)24/h13-14,16H,2-12,19H2,1H3,(H,23,24). The summed E-state index contributed by atoms with van der Waals surface area (Å²) in [6.07, 6.45) is 14.4. The lowest BCUT2D eigenvalue weighted by molar-refractivity contribution is -0.138. The average molecular weight is 337 g/mol. The van der Waals surface area contributed by atoms with Crippen molar-refractivity contribution < 1.29 is 14.7 Å². The Bertz CT molecular complexity index is 499. The SMILES string of the molecule is CCCCCCCCCCCC(=O)n1cncc1CC(N)C(=O)O. The first-order chi connectivity index (χ1) is 11.6. The molecule has 1 rings (SSSR count). The van der Waals surface area contributed by atoms with Crippen molar-refractivity contribution in [3.8, 4) is 0 Å². The van der Waals surface area contributed by atoms with E-state index in [-0.39, 0.29) is 12.3 Å². The molecular weight excluding hydrogens is 306 g/mol. The summed E-state index contributed by atoms with van der Waals surface area (Å²) in [6, 6.07) is -1.01. The normalized spacial score (nSPS) is 12.2. The van der Waals surface area contributed by atoms with Crippen LogP contribution in [0.15, 0.2) is 12.5 Å². The lowest BCUT2D eigenvalue weighted by atomic mass is 10.1. The molecule has 3 N–H and O–H groups in total. The summed E-state index contributed by atoms with van der Waals surface area (Å²) < 4.78 is 1.44. The molecule has 1 heterocycles. The molecule has 1 unspecified atom stereocenters. The fourth-order valence-electron chi connectivity index (χ4n) is 2.72. The van der Waals surface area contributed by atoms with Gasteiger partial charge in [-0.2, -0.15) is 0 Å². The first-order valence-electron chi connectivity index (χ1n) is 9.09. The third kappa shape index (κ3) is 7.73. The number of carboxylic acid groups (broad SMARTS) is 1. The molecule has 0 bridgehead atoms. The van der Waals surface area contributed by atoms with Gasteiger partial charge < -0.3 is 10.8 Å². The lowest BCUT2D eigenvalue weighted by Gasteiger charge is -2.09. The molecule has 0 aromatic carbocycles. The number of carbonyl (C=O) groups is 2. The van der Waals surface area contributed by atoms with Crippen LogP contribution in [0.25, 0.3) is 0 Å². The highest BCUT2D eigenvalue weighted by Crippen LogP contribution is 2.12. The van der Waals surface area contributed by atoms with Crippen molar-refractivity contribution in [1.29, 1.82) is 0 Å². The number of nitrogens with zero attached hydrogens (tertiary/aromatic N) is 2. The number of rotatable bonds is 13. The number of carbonyl (C=O) groups excluding carboxylic acids is 1. The molecule has 6 heteroatoms. The second-order valence-corrected chi connectivity index (χ2v) is 6.38. The fraction of sp³-hybridized carbons (Fsp3) is 0.722. The summed E-state index contributed by atoms with van der Waals surface area (Å²) in [5, 5.41) is 8.86. The Morgan fingerprint density at radius 2 is 1.71 bits per heavy atom. The van der Waals surface area contributed by atoms with Crippen LogP contribution >= 0.6 is 0 Å². The first kappa shape index (κ1) is 20.4. The van der Waals surface area contributed by atoms with E-state index in [2.05, 4.69) is 11.9 Å². The Morgan fingerprint density at radius 1 is 1.12 bits per heavy atom. The lowest BCUT2D eigenvalue weighted by Crippen LogP contribution is -2.33. The van der Waals surface area contributed by atoms with E-state index in [9.17, 15) is 9.59 Å². The summed E-state index contributed by atoms with van der Waals surface area (Å²) in [5.74, 6) is -1.11. The molecule has 6 nitrogen and oxygen atoms in total. The van der Waals surface area contributed by atoms with Crippen LogP contribution < -0.4 is 5.73 Å². The van der Waals surface area contributed by atoms with Crippen LogP contribution in [0.2, 0.25) is 0 Å². The zero-order valence-electron chi connectivity index (χ0n) is 14.7. The number of carboxylic acids is 1. The number of aromatic nitrogens is 2. The topological polar surface area (TPSA) is 98.2 Å². The number of hydrogen-bond acceptors (Lipinski definition) is 4. The Labute approximate surface area is 144 Å². The minimum Gasteiger partial charge on any atom is -0.480 e. The van der Waals surface area contributed by atoms with Gasteiger partial charge in [0.1, 0.15) is 12.4 Å². The minimum atomic E-state index is -1.07. The van der Waals surface area contributed by atoms with Gasteiger partial charge in [-0.25, -0.2) is 4.98 Å². The number of hydrogen-bond donors (Lipinski definition) is 2. The number of imidazole rings is 1. The Balaban J connectivity index is 2.22. The Hall–Kier alpha value is -1.69. The zero-order valence-corrected chi connectivity index (χ0v) is 14.7. The second-order valence-electron chi connectivity index (χ2n) is 6.38. The van der Waals surface area contributed by atoms with Crippen LogP contribution in [-0.4, -0.2) is 32.6 Å². The average Bonchev–Trinajstić information content (AvgIpc) is 3.01. The molecule has 0 saturated carbocycles. The molecule has 1 aromatic rings. The summed E-state index contributed by atoms with van der Waals surface area (Å²) >= 11 is 0. The predicted octanol–water partition coefficient (Wildman–Crippen LogP) is 3.40. The molecule has 0 fully saturated rings. The van der Waals surface area contributed by atoms with E-state index in [0.29, 0.717) is 12.1 Å². The van der Waals surface area contributed by atoms with Gasteiger partial charge in [0.15, 0.2) is 0 Å². The number of unbranched alkanes of at least 4 members (excludes halogenated alkanes) is 8. The third-order valence-corrected chi connectivity index (χ3v) is 4.22. The van der Waals surface area contributed by atoms with Crippen molar-refractivity contribution in [1.82, 2.24) is 9.55 Å². The van der Waals surface area contributed by atoms with Gasteiger partial charge >= 0.3 is 5.97 Å². The first-order valence-corrected chi connectivity index (χ1v) is 9.09. The molecule has 0 spiro atoms. The zero-order chi connectivity index (χ0) is 17.8. The van der Waals surface area contributed by atoms with E-state index in [0.717, 1.165) is 12.8 Å². The van der Waals surface area contributed by atoms with Crippen LogP contribution in [0.1, 0.15) is 81.6 Å². The van der Waals surface area contributed by atoms with Crippen molar-refractivity contribution in [3.05, 3.63) is 18.2 Å². The van der Waals surface area contributed by atoms with E-state index in [1.165, 1.54) is 62.0 Å². The maximum absolute atomic E-state index is 12.2. The molecule has 0 radical (unpaired) electrons. The van der Waals surface area contributed by atoms with Crippen molar-refractivity contribution >= 4 is 11.9 Å². The highest BCUT2D eigenvalue weighted by atomic mass is 16.4. The fourth-order valence-corrected chi connectivity index (χ4v) is 2.72. The monoisotopic (exact) mass is 337 g/mol. The van der Waals surface area contributed by atoms with Crippen LogP contribution in [0.4, 0.5) is 0 Å². The van der Waals surface area contributed by atoms with Gasteiger partial charge in [0.05, 0.1) is 0 Å². The molecule has 0 aliphatic heterocycles. The van der Waals surface area contributed by atoms with Crippen LogP contribution in [0, 0.1) is 0 Å². The van der Waals surface area contributed by atoms with Crippen molar-refractivity contribution in [2.45, 2.75) is 83.6 Å². The van der Waals surface area contributed by atoms with Gasteiger partial charge in [-0.15, -0.1) is 0 Å². The van der Waals surface area contributed by atoms with Gasteiger partial charge in [-0.05, 0) is 6.42 Å². The third-order valence-electron chi connectivity index (χ3n) is 4.22. The summed E-state index contributed by atoms with van der Waals surface area (Å²) in [7, 11) is 0. The van der Waals surface area contributed by atoms with E-state index in [4.69, 9.17) is 10.8 Å². The molecule has 1 atom stereocenters. The molecule has 136 valence electrons. The van der Waals surface area contributed by atoms with Crippen LogP contribution in [0.3, 0.4) is 0 Å². The van der Waals surface area contributed by atoms with Gasteiger partial charge in [0.25, 0.3) is 0 Å². The van der Waals surface area contributed by atoms with Gasteiger partial charge in [-0.3, -0.25) is 14.2 Å². The van der Waals surface area contributed by atoms with Crippen LogP contribution in [-0.2, 0) is 11.2 Å². The summed E-state index contributed by atoms with van der Waals surface area (Å²) in [6.45, 7) is 2.22. The number of aliphatic carboxylic acids is 1. The highest BCUT2D eigenvalue weighted by molar-refractivity contribution is 5.80. The highest BCUT2D eigenvalue weighted by Gasteiger charge is 2.17. The predicted molar refractivity (Wildman–Crippen MR) is 94.0 cm³/mol. The van der Waals surface area contributed by atoms with Crippen molar-refractivity contribution in [2.75, 3.05) is 0 Å². The minimum absolute atomic E-state index is 0.0389. The maximum Gasteiger partial charge on any atom is 0.320 e. The van der Waals surface area contributed by atoms with Crippen molar-refractivity contribution in [3.63, 3.8) is 0 Å². The molecule has 0 saturated heterocycles. The molecule has 0 aliphatic rings. The smallest absolute Gasteiger partial charge is 0.320 e. The van der Waals surface area contributed by atoms with Gasteiger partial charge in [0, 0.05) is 24.7 Å². The van der Waals surface area contributed by atoms with E-state index in [1.807, 2.05) is 0 Å². The second kappa shape index (κ2) is 11.8. The summed E-state index contributed by atoms with van der Waals surface area (Å²) in [4.78, 5) is 27.0. The van der Waals surface area contributed by atoms with E-state index < -0.39 is 12.0 Å². The molecule has 1 aromatic heterocycles. The molecule has 0 amide bonds. The molecule has 0 aliphatic carbocycles. The largest absolute Gasteiger partial charge is 0.480 e. The van der Waals surface area contributed by atoms with Gasteiger partial charge in [-0.1, -0.05) is 58.3 Å². The summed E-state index contributed by atoms with van der Waals surface area (Å²) in [5.41, 5.74) is 6.08. The molecular formula is C18H31N3O3.